The number of nitrogens with one attached hydrogen (secondary N) is 2. The first kappa shape index (κ1) is 12.9. The van der Waals surface area contributed by atoms with Crippen molar-refractivity contribution in [1.29, 1.82) is 0 Å². The minimum atomic E-state index is -0.0683. The summed E-state index contributed by atoms with van der Waals surface area (Å²) in [7, 11) is 1.82. The highest BCUT2D eigenvalue weighted by Crippen LogP contribution is 2.22. The minimum absolute atomic E-state index is 0.0683. The van der Waals surface area contributed by atoms with Crippen LogP contribution in [0.25, 0.3) is 5.69 Å². The van der Waals surface area contributed by atoms with Crippen LogP contribution in [0.4, 0.5) is 0 Å². The van der Waals surface area contributed by atoms with E-state index in [2.05, 4.69) is 10.4 Å². The molecule has 18 heavy (non-hydrogen) atoms. The molecule has 1 aromatic carbocycles. The molecule has 2 aromatic rings. The van der Waals surface area contributed by atoms with Crippen molar-refractivity contribution >= 4 is 11.6 Å². The molecular weight excluding hydrogens is 250 g/mol. The van der Waals surface area contributed by atoms with Gasteiger partial charge in [0.05, 0.1) is 11.3 Å². The Morgan fingerprint density at radius 3 is 2.78 bits per heavy atom. The predicted molar refractivity (Wildman–Crippen MR) is 73.6 cm³/mol. The number of halogens is 1. The molecule has 0 saturated carbocycles. The lowest BCUT2D eigenvalue weighted by molar-refractivity contribution is 0.800. The SMILES string of the molecule is CNCc1c(C)n(-c2cccc(Cl)c2C)[nH]c1=O. The van der Waals surface area contributed by atoms with Crippen molar-refractivity contribution in [1.82, 2.24) is 15.1 Å². The van der Waals surface area contributed by atoms with Gasteiger partial charge in [0.2, 0.25) is 0 Å². The highest BCUT2D eigenvalue weighted by atomic mass is 35.5. The second kappa shape index (κ2) is 5.00. The van der Waals surface area contributed by atoms with Gasteiger partial charge in [-0.2, -0.15) is 0 Å². The fourth-order valence-electron chi connectivity index (χ4n) is 2.02. The maximum atomic E-state index is 11.9. The van der Waals surface area contributed by atoms with E-state index < -0.39 is 0 Å². The first-order valence-electron chi connectivity index (χ1n) is 5.77. The summed E-state index contributed by atoms with van der Waals surface area (Å²) in [4.78, 5) is 11.9. The zero-order chi connectivity index (χ0) is 13.3. The van der Waals surface area contributed by atoms with E-state index in [0.717, 1.165) is 22.5 Å². The summed E-state index contributed by atoms with van der Waals surface area (Å²) < 4.78 is 1.79. The van der Waals surface area contributed by atoms with Crippen molar-refractivity contribution < 1.29 is 0 Å². The highest BCUT2D eigenvalue weighted by molar-refractivity contribution is 6.31. The number of hydrogen-bond donors (Lipinski definition) is 2. The fraction of sp³-hybridized carbons (Fsp3) is 0.308. The molecule has 0 fully saturated rings. The number of aromatic nitrogens is 2. The molecule has 0 bridgehead atoms. The van der Waals surface area contributed by atoms with Crippen LogP contribution in [0.1, 0.15) is 16.8 Å². The van der Waals surface area contributed by atoms with Crippen LogP contribution in [0, 0.1) is 13.8 Å². The second-order valence-electron chi connectivity index (χ2n) is 4.25. The first-order chi connectivity index (χ1) is 8.56. The van der Waals surface area contributed by atoms with Gasteiger partial charge in [-0.3, -0.25) is 14.6 Å². The number of rotatable bonds is 3. The number of nitrogens with zero attached hydrogens (tertiary/aromatic N) is 1. The van der Waals surface area contributed by atoms with E-state index in [1.54, 1.807) is 4.68 Å². The highest BCUT2D eigenvalue weighted by Gasteiger charge is 2.13. The first-order valence-corrected chi connectivity index (χ1v) is 6.14. The Morgan fingerprint density at radius 1 is 1.39 bits per heavy atom. The van der Waals surface area contributed by atoms with Gasteiger partial charge in [0, 0.05) is 17.3 Å². The number of hydrogen-bond acceptors (Lipinski definition) is 2. The van der Waals surface area contributed by atoms with Gasteiger partial charge in [-0.25, -0.2) is 0 Å². The van der Waals surface area contributed by atoms with E-state index >= 15 is 0 Å². The predicted octanol–water partition coefficient (Wildman–Crippen LogP) is 2.16. The maximum Gasteiger partial charge on any atom is 0.269 e. The van der Waals surface area contributed by atoms with Gasteiger partial charge in [-0.05, 0) is 38.6 Å². The summed E-state index contributed by atoms with van der Waals surface area (Å²) in [5.41, 5.74) is 3.43. The van der Waals surface area contributed by atoms with E-state index in [1.807, 2.05) is 39.1 Å². The summed E-state index contributed by atoms with van der Waals surface area (Å²) in [5, 5.41) is 6.53. The normalized spacial score (nSPS) is 10.9. The summed E-state index contributed by atoms with van der Waals surface area (Å²) >= 11 is 6.11. The van der Waals surface area contributed by atoms with Crippen LogP contribution in [-0.2, 0) is 6.54 Å². The maximum absolute atomic E-state index is 11.9. The largest absolute Gasteiger partial charge is 0.315 e. The van der Waals surface area contributed by atoms with Crippen LogP contribution in [0.5, 0.6) is 0 Å². The average Bonchev–Trinajstić information content (AvgIpc) is 2.61. The molecule has 0 atom stereocenters. The number of aromatic amines is 1. The lowest BCUT2D eigenvalue weighted by atomic mass is 10.2. The third kappa shape index (κ3) is 2.09. The third-order valence-electron chi connectivity index (χ3n) is 3.09. The van der Waals surface area contributed by atoms with E-state index in [4.69, 9.17) is 11.6 Å². The smallest absolute Gasteiger partial charge is 0.269 e. The third-order valence-corrected chi connectivity index (χ3v) is 3.50. The molecule has 0 unspecified atom stereocenters. The molecule has 1 aromatic heterocycles. The van der Waals surface area contributed by atoms with Crippen molar-refractivity contribution in [2.24, 2.45) is 0 Å². The topological polar surface area (TPSA) is 49.8 Å². The van der Waals surface area contributed by atoms with Crippen LogP contribution in [-0.4, -0.2) is 16.8 Å². The van der Waals surface area contributed by atoms with Gasteiger partial charge in [0.1, 0.15) is 0 Å². The fourth-order valence-corrected chi connectivity index (χ4v) is 2.19. The molecule has 0 aliphatic rings. The summed E-state index contributed by atoms with van der Waals surface area (Å²) in [5.74, 6) is 0. The van der Waals surface area contributed by atoms with Gasteiger partial charge < -0.3 is 5.32 Å². The standard InChI is InChI=1S/C13H16ClN3O/c1-8-11(14)5-4-6-12(8)17-9(2)10(7-15-3)13(18)16-17/h4-6,15H,7H2,1-3H3,(H,16,18). The van der Waals surface area contributed by atoms with Gasteiger partial charge in [-0.1, -0.05) is 17.7 Å². The molecule has 96 valence electrons. The van der Waals surface area contributed by atoms with E-state index in [-0.39, 0.29) is 5.56 Å². The molecule has 2 rings (SSSR count). The number of benzene rings is 1. The van der Waals surface area contributed by atoms with E-state index in [9.17, 15) is 4.79 Å². The molecule has 0 aliphatic carbocycles. The van der Waals surface area contributed by atoms with Crippen molar-refractivity contribution in [2.75, 3.05) is 7.05 Å². The quantitative estimate of drug-likeness (QED) is 0.894. The second-order valence-corrected chi connectivity index (χ2v) is 4.66. The average molecular weight is 266 g/mol. The van der Waals surface area contributed by atoms with Crippen LogP contribution in [0.2, 0.25) is 5.02 Å². The zero-order valence-electron chi connectivity index (χ0n) is 10.7. The lowest BCUT2D eigenvalue weighted by Gasteiger charge is -2.10. The van der Waals surface area contributed by atoms with E-state index in [1.165, 1.54) is 0 Å². The van der Waals surface area contributed by atoms with Crippen molar-refractivity contribution in [3.05, 3.63) is 50.4 Å². The Bertz CT molecular complexity index is 628. The Balaban J connectivity index is 2.62. The monoisotopic (exact) mass is 265 g/mol. The Hall–Kier alpha value is -1.52. The molecular formula is C13H16ClN3O. The van der Waals surface area contributed by atoms with Gasteiger partial charge in [-0.15, -0.1) is 0 Å². The number of H-pyrrole nitrogens is 1. The van der Waals surface area contributed by atoms with Crippen LogP contribution in [0.3, 0.4) is 0 Å². The van der Waals surface area contributed by atoms with Gasteiger partial charge in [0.15, 0.2) is 0 Å². The Kier molecular flexibility index (Phi) is 3.59. The van der Waals surface area contributed by atoms with Gasteiger partial charge in [0.25, 0.3) is 5.56 Å². The van der Waals surface area contributed by atoms with Gasteiger partial charge >= 0.3 is 0 Å². The summed E-state index contributed by atoms with van der Waals surface area (Å²) in [6.45, 7) is 4.41. The van der Waals surface area contributed by atoms with E-state index in [0.29, 0.717) is 11.6 Å². The molecule has 0 aliphatic heterocycles. The Morgan fingerprint density at radius 2 is 2.11 bits per heavy atom. The van der Waals surface area contributed by atoms with Crippen molar-refractivity contribution in [2.45, 2.75) is 20.4 Å². The lowest BCUT2D eigenvalue weighted by Crippen LogP contribution is -2.14. The molecule has 0 spiro atoms. The molecule has 5 heteroatoms. The van der Waals surface area contributed by atoms with Crippen molar-refractivity contribution in [3.8, 4) is 5.69 Å². The zero-order valence-corrected chi connectivity index (χ0v) is 11.4. The van der Waals surface area contributed by atoms with Crippen LogP contribution in [0.15, 0.2) is 23.0 Å². The molecule has 4 nitrogen and oxygen atoms in total. The summed E-state index contributed by atoms with van der Waals surface area (Å²) in [6, 6.07) is 5.65. The van der Waals surface area contributed by atoms with Crippen LogP contribution >= 0.6 is 11.6 Å². The minimum Gasteiger partial charge on any atom is -0.315 e. The Labute approximate surface area is 111 Å². The van der Waals surface area contributed by atoms with Crippen LogP contribution < -0.4 is 10.9 Å². The molecule has 2 N–H and O–H groups in total. The molecule has 0 radical (unpaired) electrons. The molecule has 1 heterocycles. The summed E-state index contributed by atoms with van der Waals surface area (Å²) in [6.07, 6.45) is 0. The van der Waals surface area contributed by atoms with Crippen molar-refractivity contribution in [3.63, 3.8) is 0 Å². The molecule has 0 amide bonds. The molecule has 0 saturated heterocycles.